The predicted octanol–water partition coefficient (Wildman–Crippen LogP) is 0.132. The Morgan fingerprint density at radius 2 is 2.06 bits per heavy atom. The molecule has 0 atom stereocenters. The fourth-order valence-electron chi connectivity index (χ4n) is 1.28. The SMILES string of the molecule is CC(=O)Nc1ccccc1OCC(=O)NCCO. The third kappa shape index (κ3) is 4.84. The minimum Gasteiger partial charge on any atom is -0.482 e. The van der Waals surface area contributed by atoms with Gasteiger partial charge in [-0.05, 0) is 12.1 Å². The van der Waals surface area contributed by atoms with E-state index < -0.39 is 0 Å². The van der Waals surface area contributed by atoms with Gasteiger partial charge in [-0.15, -0.1) is 0 Å². The third-order valence-electron chi connectivity index (χ3n) is 1.99. The van der Waals surface area contributed by atoms with E-state index in [0.29, 0.717) is 11.4 Å². The molecule has 18 heavy (non-hydrogen) atoms. The first kappa shape index (κ1) is 14.0. The highest BCUT2D eigenvalue weighted by molar-refractivity contribution is 5.90. The van der Waals surface area contributed by atoms with Crippen molar-refractivity contribution in [2.24, 2.45) is 0 Å². The lowest BCUT2D eigenvalue weighted by atomic mass is 10.3. The van der Waals surface area contributed by atoms with Crippen LogP contribution < -0.4 is 15.4 Å². The van der Waals surface area contributed by atoms with Crippen LogP contribution in [0.3, 0.4) is 0 Å². The molecule has 0 aliphatic carbocycles. The summed E-state index contributed by atoms with van der Waals surface area (Å²) >= 11 is 0. The number of para-hydroxylation sites is 2. The first-order chi connectivity index (χ1) is 8.63. The van der Waals surface area contributed by atoms with Crippen molar-refractivity contribution in [1.29, 1.82) is 0 Å². The van der Waals surface area contributed by atoms with E-state index in [1.54, 1.807) is 24.3 Å². The Morgan fingerprint density at radius 3 is 2.72 bits per heavy atom. The van der Waals surface area contributed by atoms with Crippen LogP contribution in [0.15, 0.2) is 24.3 Å². The molecule has 1 rings (SSSR count). The van der Waals surface area contributed by atoms with Gasteiger partial charge in [0.05, 0.1) is 12.3 Å². The first-order valence-electron chi connectivity index (χ1n) is 5.50. The molecular formula is C12H16N2O4. The molecule has 0 bridgehead atoms. The number of benzene rings is 1. The smallest absolute Gasteiger partial charge is 0.258 e. The van der Waals surface area contributed by atoms with Crippen molar-refractivity contribution in [3.05, 3.63) is 24.3 Å². The molecule has 0 aliphatic heterocycles. The van der Waals surface area contributed by atoms with Crippen molar-refractivity contribution >= 4 is 17.5 Å². The maximum atomic E-state index is 11.3. The monoisotopic (exact) mass is 252 g/mol. The van der Waals surface area contributed by atoms with Gasteiger partial charge in [0.15, 0.2) is 6.61 Å². The lowest BCUT2D eigenvalue weighted by Crippen LogP contribution is -2.31. The van der Waals surface area contributed by atoms with E-state index in [-0.39, 0.29) is 31.6 Å². The fraction of sp³-hybridized carbons (Fsp3) is 0.333. The average Bonchev–Trinajstić information content (AvgIpc) is 2.34. The van der Waals surface area contributed by atoms with Crippen molar-refractivity contribution in [2.45, 2.75) is 6.92 Å². The molecule has 1 aromatic rings. The van der Waals surface area contributed by atoms with Gasteiger partial charge in [0, 0.05) is 13.5 Å². The van der Waals surface area contributed by atoms with Crippen molar-refractivity contribution in [3.8, 4) is 5.75 Å². The second-order valence-electron chi connectivity index (χ2n) is 3.54. The Morgan fingerprint density at radius 1 is 1.33 bits per heavy atom. The van der Waals surface area contributed by atoms with E-state index in [9.17, 15) is 9.59 Å². The van der Waals surface area contributed by atoms with Crippen LogP contribution in [0.2, 0.25) is 0 Å². The van der Waals surface area contributed by atoms with Crippen LogP contribution in [0.1, 0.15) is 6.92 Å². The molecule has 0 unspecified atom stereocenters. The topological polar surface area (TPSA) is 87.7 Å². The normalized spacial score (nSPS) is 9.67. The Balaban J connectivity index is 2.55. The van der Waals surface area contributed by atoms with Crippen LogP contribution in [0.25, 0.3) is 0 Å². The van der Waals surface area contributed by atoms with Gasteiger partial charge in [0.2, 0.25) is 5.91 Å². The molecular weight excluding hydrogens is 236 g/mol. The number of rotatable bonds is 6. The van der Waals surface area contributed by atoms with Crippen LogP contribution in [-0.2, 0) is 9.59 Å². The fourth-order valence-corrected chi connectivity index (χ4v) is 1.28. The number of carbonyl (C=O) groups is 2. The highest BCUT2D eigenvalue weighted by Crippen LogP contribution is 2.23. The van der Waals surface area contributed by atoms with Crippen LogP contribution in [0, 0.1) is 0 Å². The van der Waals surface area contributed by atoms with E-state index in [2.05, 4.69) is 10.6 Å². The zero-order valence-corrected chi connectivity index (χ0v) is 10.1. The highest BCUT2D eigenvalue weighted by atomic mass is 16.5. The zero-order chi connectivity index (χ0) is 13.4. The van der Waals surface area contributed by atoms with Crippen LogP contribution in [0.5, 0.6) is 5.75 Å². The molecule has 6 nitrogen and oxygen atoms in total. The summed E-state index contributed by atoms with van der Waals surface area (Å²) in [4.78, 5) is 22.2. The Labute approximate surface area is 105 Å². The largest absolute Gasteiger partial charge is 0.482 e. The van der Waals surface area contributed by atoms with E-state index in [0.717, 1.165) is 0 Å². The van der Waals surface area contributed by atoms with Gasteiger partial charge in [-0.3, -0.25) is 9.59 Å². The van der Waals surface area contributed by atoms with Crippen molar-refractivity contribution < 1.29 is 19.4 Å². The number of nitrogens with one attached hydrogen (secondary N) is 2. The maximum Gasteiger partial charge on any atom is 0.258 e. The lowest BCUT2D eigenvalue weighted by Gasteiger charge is -2.11. The Hall–Kier alpha value is -2.08. The molecule has 6 heteroatoms. The lowest BCUT2D eigenvalue weighted by molar-refractivity contribution is -0.123. The second-order valence-corrected chi connectivity index (χ2v) is 3.54. The second kappa shape index (κ2) is 7.29. The number of hydrogen-bond donors (Lipinski definition) is 3. The van der Waals surface area contributed by atoms with E-state index in [1.807, 2.05) is 0 Å². The number of anilines is 1. The minimum atomic E-state index is -0.332. The molecule has 3 N–H and O–H groups in total. The van der Waals surface area contributed by atoms with Gasteiger partial charge >= 0.3 is 0 Å². The van der Waals surface area contributed by atoms with Gasteiger partial charge in [-0.25, -0.2) is 0 Å². The molecule has 0 fully saturated rings. The summed E-state index contributed by atoms with van der Waals surface area (Å²) in [6, 6.07) is 6.84. The van der Waals surface area contributed by atoms with Gasteiger partial charge in [-0.1, -0.05) is 12.1 Å². The van der Waals surface area contributed by atoms with Gasteiger partial charge < -0.3 is 20.5 Å². The third-order valence-corrected chi connectivity index (χ3v) is 1.99. The standard InChI is InChI=1S/C12H16N2O4/c1-9(16)14-10-4-2-3-5-11(10)18-8-12(17)13-6-7-15/h2-5,15H,6-8H2,1H3,(H,13,17)(H,14,16). The molecule has 0 saturated carbocycles. The summed E-state index contributed by atoms with van der Waals surface area (Å²) in [6.45, 7) is 1.30. The molecule has 0 radical (unpaired) electrons. The highest BCUT2D eigenvalue weighted by Gasteiger charge is 2.06. The molecule has 0 heterocycles. The maximum absolute atomic E-state index is 11.3. The van der Waals surface area contributed by atoms with Crippen LogP contribution >= 0.6 is 0 Å². The number of amides is 2. The first-order valence-corrected chi connectivity index (χ1v) is 5.50. The van der Waals surface area contributed by atoms with E-state index in [1.165, 1.54) is 6.92 Å². The Kier molecular flexibility index (Phi) is 5.66. The van der Waals surface area contributed by atoms with Crippen molar-refractivity contribution in [3.63, 3.8) is 0 Å². The van der Waals surface area contributed by atoms with Crippen molar-refractivity contribution in [2.75, 3.05) is 25.1 Å². The summed E-state index contributed by atoms with van der Waals surface area (Å²) in [7, 11) is 0. The van der Waals surface area contributed by atoms with Crippen molar-refractivity contribution in [1.82, 2.24) is 5.32 Å². The minimum absolute atomic E-state index is 0.117. The van der Waals surface area contributed by atoms with Gasteiger partial charge in [-0.2, -0.15) is 0 Å². The quantitative estimate of drug-likeness (QED) is 0.671. The molecule has 1 aromatic carbocycles. The molecule has 0 aromatic heterocycles. The summed E-state index contributed by atoms with van der Waals surface area (Å²) in [5, 5.41) is 13.6. The van der Waals surface area contributed by atoms with Crippen LogP contribution in [0.4, 0.5) is 5.69 Å². The molecule has 0 spiro atoms. The summed E-state index contributed by atoms with van der Waals surface area (Å²) in [6.07, 6.45) is 0. The number of aliphatic hydroxyl groups excluding tert-OH is 1. The molecule has 0 saturated heterocycles. The average molecular weight is 252 g/mol. The predicted molar refractivity (Wildman–Crippen MR) is 66.3 cm³/mol. The van der Waals surface area contributed by atoms with E-state index >= 15 is 0 Å². The molecule has 2 amide bonds. The number of carbonyl (C=O) groups excluding carboxylic acids is 2. The van der Waals surface area contributed by atoms with E-state index in [4.69, 9.17) is 9.84 Å². The number of ether oxygens (including phenoxy) is 1. The summed E-state index contributed by atoms with van der Waals surface area (Å²) < 4.78 is 5.29. The van der Waals surface area contributed by atoms with Gasteiger partial charge in [0.25, 0.3) is 5.91 Å². The number of aliphatic hydroxyl groups is 1. The van der Waals surface area contributed by atoms with Gasteiger partial charge in [0.1, 0.15) is 5.75 Å². The molecule has 98 valence electrons. The van der Waals surface area contributed by atoms with Crippen LogP contribution in [-0.4, -0.2) is 36.7 Å². The summed E-state index contributed by atoms with van der Waals surface area (Å²) in [5.74, 6) is -0.121. The zero-order valence-electron chi connectivity index (χ0n) is 10.1. The number of hydrogen-bond acceptors (Lipinski definition) is 4. The summed E-state index contributed by atoms with van der Waals surface area (Å²) in [5.41, 5.74) is 0.514. The molecule has 0 aliphatic rings. The Bertz CT molecular complexity index is 420.